The molecule has 0 unspecified atom stereocenters. The van der Waals surface area contributed by atoms with Crippen molar-refractivity contribution in [1.82, 2.24) is 0 Å². The van der Waals surface area contributed by atoms with Crippen LogP contribution < -0.4 is 0 Å². The van der Waals surface area contributed by atoms with Crippen LogP contribution in [0.25, 0.3) is 0 Å². The highest BCUT2D eigenvalue weighted by Gasteiger charge is 2.03. The minimum atomic E-state index is -3.42. The van der Waals surface area contributed by atoms with Crippen LogP contribution in [0.15, 0.2) is 12.7 Å². The number of rotatable bonds is 3. The molecule has 0 spiro atoms. The van der Waals surface area contributed by atoms with Gasteiger partial charge in [-0.15, -0.1) is 6.58 Å². The molecule has 0 rings (SSSR count). The van der Waals surface area contributed by atoms with Crippen LogP contribution in [-0.4, -0.2) is 14.2 Å². The maximum atomic E-state index is 10.2. The van der Waals surface area contributed by atoms with E-state index in [4.69, 9.17) is 0 Å². The molecular weight excluding hydrogens is 148 g/mol. The van der Waals surface area contributed by atoms with Crippen LogP contribution in [0.1, 0.15) is 0 Å². The molecule has 0 radical (unpaired) electrons. The SMILES string of the molecule is C=CCS(=O)(=O)OS. The van der Waals surface area contributed by atoms with Gasteiger partial charge in [-0.3, -0.25) is 0 Å². The summed E-state index contributed by atoms with van der Waals surface area (Å²) in [5.41, 5.74) is 0. The Morgan fingerprint density at radius 3 is 2.38 bits per heavy atom. The third kappa shape index (κ3) is 3.06. The van der Waals surface area contributed by atoms with Crippen molar-refractivity contribution in [2.24, 2.45) is 0 Å². The highest BCUT2D eigenvalue weighted by Crippen LogP contribution is 1.94. The topological polar surface area (TPSA) is 43.4 Å². The van der Waals surface area contributed by atoms with Gasteiger partial charge < -0.3 is 0 Å². The predicted octanol–water partition coefficient (Wildman–Crippen LogP) is 0.364. The highest BCUT2D eigenvalue weighted by atomic mass is 32.3. The van der Waals surface area contributed by atoms with Crippen LogP contribution in [-0.2, 0) is 13.7 Å². The van der Waals surface area contributed by atoms with E-state index in [1.54, 1.807) is 0 Å². The first-order valence-corrected chi connectivity index (χ1v) is 3.73. The van der Waals surface area contributed by atoms with Gasteiger partial charge in [-0.05, 0) is 12.9 Å². The zero-order valence-corrected chi connectivity index (χ0v) is 5.78. The summed E-state index contributed by atoms with van der Waals surface area (Å²) in [5, 5.41) is 0. The molecule has 48 valence electrons. The second-order valence-corrected chi connectivity index (χ2v) is 3.13. The fourth-order valence-corrected chi connectivity index (χ4v) is 0.707. The van der Waals surface area contributed by atoms with Gasteiger partial charge in [0.25, 0.3) is 10.1 Å². The maximum absolute atomic E-state index is 10.2. The largest absolute Gasteiger partial charge is 0.281 e. The minimum absolute atomic E-state index is 0.198. The molecule has 0 aliphatic heterocycles. The van der Waals surface area contributed by atoms with Crippen molar-refractivity contribution < 1.29 is 12.0 Å². The molecular formula is C3H6O3S2. The van der Waals surface area contributed by atoms with E-state index in [0.717, 1.165) is 0 Å². The Bertz CT molecular complexity index is 157. The number of hydrogen-bond donors (Lipinski definition) is 1. The Morgan fingerprint density at radius 1 is 1.75 bits per heavy atom. The van der Waals surface area contributed by atoms with Gasteiger partial charge in [-0.2, -0.15) is 8.42 Å². The lowest BCUT2D eigenvalue weighted by molar-refractivity contribution is 0.525. The molecule has 0 N–H and O–H groups in total. The molecule has 0 saturated heterocycles. The Balaban J connectivity index is 3.94. The van der Waals surface area contributed by atoms with Crippen LogP contribution in [0, 0.1) is 0 Å². The molecule has 0 saturated carbocycles. The fourth-order valence-electron chi connectivity index (χ4n) is 0.175. The summed E-state index contributed by atoms with van der Waals surface area (Å²) in [5.74, 6) is -0.198. The van der Waals surface area contributed by atoms with E-state index in [9.17, 15) is 8.42 Å². The first-order valence-electron chi connectivity index (χ1n) is 1.79. The van der Waals surface area contributed by atoms with E-state index >= 15 is 0 Å². The van der Waals surface area contributed by atoms with Gasteiger partial charge in [-0.1, -0.05) is 6.08 Å². The van der Waals surface area contributed by atoms with E-state index in [1.807, 2.05) is 0 Å². The average Bonchev–Trinajstić information content (AvgIpc) is 1.67. The molecule has 0 aromatic carbocycles. The average molecular weight is 154 g/mol. The molecule has 0 aliphatic carbocycles. The minimum Gasteiger partial charge on any atom is -0.201 e. The van der Waals surface area contributed by atoms with Crippen LogP contribution >= 0.6 is 12.9 Å². The van der Waals surface area contributed by atoms with Crippen LogP contribution in [0.2, 0.25) is 0 Å². The Labute approximate surface area is 54.1 Å². The standard InChI is InChI=1S/C3H6O3S2/c1-2-3-8(4,5)6-7/h2,7H,1,3H2. The molecule has 0 amide bonds. The Morgan fingerprint density at radius 2 is 2.25 bits per heavy atom. The van der Waals surface area contributed by atoms with Crippen molar-refractivity contribution in [1.29, 1.82) is 0 Å². The van der Waals surface area contributed by atoms with Crippen LogP contribution in [0.4, 0.5) is 0 Å². The van der Waals surface area contributed by atoms with E-state index < -0.39 is 10.1 Å². The molecule has 0 bridgehead atoms. The van der Waals surface area contributed by atoms with Crippen molar-refractivity contribution in [3.63, 3.8) is 0 Å². The smallest absolute Gasteiger partial charge is 0.201 e. The van der Waals surface area contributed by atoms with Gasteiger partial charge in [0.2, 0.25) is 0 Å². The first-order chi connectivity index (χ1) is 3.62. The van der Waals surface area contributed by atoms with Gasteiger partial charge in [0.1, 0.15) is 0 Å². The third-order valence-electron chi connectivity index (χ3n) is 0.436. The number of thiol groups is 1. The zero-order chi connectivity index (χ0) is 6.62. The summed E-state index contributed by atoms with van der Waals surface area (Å²) < 4.78 is 24.2. The maximum Gasteiger partial charge on any atom is 0.281 e. The second-order valence-electron chi connectivity index (χ2n) is 1.09. The summed E-state index contributed by atoms with van der Waals surface area (Å²) >= 11 is 3.10. The van der Waals surface area contributed by atoms with Crippen LogP contribution in [0.3, 0.4) is 0 Å². The van der Waals surface area contributed by atoms with Crippen LogP contribution in [0.5, 0.6) is 0 Å². The van der Waals surface area contributed by atoms with E-state index in [2.05, 4.69) is 23.1 Å². The molecule has 5 heteroatoms. The van der Waals surface area contributed by atoms with Gasteiger partial charge >= 0.3 is 0 Å². The lowest BCUT2D eigenvalue weighted by atomic mass is 10.8. The zero-order valence-electron chi connectivity index (χ0n) is 4.07. The highest BCUT2D eigenvalue weighted by molar-refractivity contribution is 7.95. The Kier molecular flexibility index (Phi) is 3.11. The van der Waals surface area contributed by atoms with Gasteiger partial charge in [0.15, 0.2) is 0 Å². The fraction of sp³-hybridized carbons (Fsp3) is 0.333. The summed E-state index contributed by atoms with van der Waals surface area (Å²) in [7, 11) is -3.42. The van der Waals surface area contributed by atoms with Gasteiger partial charge in [0.05, 0.1) is 5.75 Å². The monoisotopic (exact) mass is 154 g/mol. The Hall–Kier alpha value is -0.0000000000000000555. The van der Waals surface area contributed by atoms with E-state index in [1.165, 1.54) is 6.08 Å². The molecule has 0 heterocycles. The molecule has 0 fully saturated rings. The van der Waals surface area contributed by atoms with Gasteiger partial charge in [0, 0.05) is 0 Å². The predicted molar refractivity (Wildman–Crippen MR) is 34.1 cm³/mol. The molecule has 0 aromatic heterocycles. The second kappa shape index (κ2) is 3.11. The molecule has 0 aliphatic rings. The summed E-state index contributed by atoms with van der Waals surface area (Å²) in [6.07, 6.45) is 1.23. The van der Waals surface area contributed by atoms with Gasteiger partial charge in [-0.25, -0.2) is 3.63 Å². The lowest BCUT2D eigenvalue weighted by Gasteiger charge is -1.90. The van der Waals surface area contributed by atoms with Crippen molar-refractivity contribution >= 4 is 23.0 Å². The van der Waals surface area contributed by atoms with E-state index in [-0.39, 0.29) is 5.75 Å². The molecule has 3 nitrogen and oxygen atoms in total. The van der Waals surface area contributed by atoms with Crippen molar-refractivity contribution in [3.05, 3.63) is 12.7 Å². The van der Waals surface area contributed by atoms with Crippen molar-refractivity contribution in [2.45, 2.75) is 0 Å². The molecule has 0 aromatic rings. The quantitative estimate of drug-likeness (QED) is 0.363. The number of hydrogen-bond acceptors (Lipinski definition) is 4. The summed E-state index contributed by atoms with van der Waals surface area (Å²) in [4.78, 5) is 0. The van der Waals surface area contributed by atoms with Crippen molar-refractivity contribution in [2.75, 3.05) is 5.75 Å². The third-order valence-corrected chi connectivity index (χ3v) is 1.99. The molecule has 8 heavy (non-hydrogen) atoms. The normalized spacial score (nSPS) is 11.1. The van der Waals surface area contributed by atoms with Crippen molar-refractivity contribution in [3.8, 4) is 0 Å². The summed E-state index contributed by atoms with van der Waals surface area (Å²) in [6, 6.07) is 0. The molecule has 0 atom stereocenters. The first kappa shape index (κ1) is 8.00. The summed E-state index contributed by atoms with van der Waals surface area (Å²) in [6.45, 7) is 3.20. The van der Waals surface area contributed by atoms with E-state index in [0.29, 0.717) is 0 Å². The lowest BCUT2D eigenvalue weighted by Crippen LogP contribution is -2.01.